The number of benzene rings is 1. The lowest BCUT2D eigenvalue weighted by molar-refractivity contribution is 0.301. The fourth-order valence-corrected chi connectivity index (χ4v) is 1.81. The Balaban J connectivity index is 2.06. The van der Waals surface area contributed by atoms with Gasteiger partial charge in [-0.2, -0.15) is 0 Å². The van der Waals surface area contributed by atoms with Crippen LogP contribution in [-0.4, -0.2) is 9.97 Å². The first-order chi connectivity index (χ1) is 8.69. The molecule has 2 rings (SSSR count). The van der Waals surface area contributed by atoms with Gasteiger partial charge < -0.3 is 10.5 Å². The van der Waals surface area contributed by atoms with Crippen molar-refractivity contribution in [3.63, 3.8) is 0 Å². The number of ether oxygens (including phenoxy) is 1. The number of nitrogens with two attached hydrogens (primary N) is 1. The molecule has 1 aromatic heterocycles. The molecule has 0 saturated carbocycles. The van der Waals surface area contributed by atoms with Crippen molar-refractivity contribution < 1.29 is 4.74 Å². The Hall–Kier alpha value is -1.81. The van der Waals surface area contributed by atoms with Gasteiger partial charge in [0.05, 0.1) is 5.69 Å². The largest absolute Gasteiger partial charge is 0.487 e. The third kappa shape index (κ3) is 3.11. The lowest BCUT2D eigenvalue weighted by atomic mass is 10.1. The third-order valence-electron chi connectivity index (χ3n) is 2.52. The van der Waals surface area contributed by atoms with Crippen LogP contribution < -0.4 is 10.5 Å². The molecule has 0 amide bonds. The summed E-state index contributed by atoms with van der Waals surface area (Å²) >= 11 is 6.04. The van der Waals surface area contributed by atoms with Crippen molar-refractivity contribution in [3.8, 4) is 5.75 Å². The lowest BCUT2D eigenvalue weighted by Gasteiger charge is -2.08. The van der Waals surface area contributed by atoms with Gasteiger partial charge in [0.1, 0.15) is 12.4 Å². The normalized spacial score (nSPS) is 10.3. The third-order valence-corrected chi connectivity index (χ3v) is 2.89. The molecule has 0 unspecified atom stereocenters. The smallest absolute Gasteiger partial charge is 0.220 e. The van der Waals surface area contributed by atoms with Gasteiger partial charge in [0.25, 0.3) is 0 Å². The second kappa shape index (κ2) is 5.69. The molecule has 2 aromatic rings. The van der Waals surface area contributed by atoms with Crippen LogP contribution in [0.3, 0.4) is 0 Å². The monoisotopic (exact) mass is 263 g/mol. The molecule has 2 N–H and O–H groups in total. The molecule has 0 radical (unpaired) electrons. The molecule has 0 spiro atoms. The van der Waals surface area contributed by atoms with Crippen molar-refractivity contribution in [2.45, 2.75) is 20.0 Å². The van der Waals surface area contributed by atoms with E-state index in [9.17, 15) is 0 Å². The van der Waals surface area contributed by atoms with Crippen molar-refractivity contribution in [2.75, 3.05) is 5.73 Å². The van der Waals surface area contributed by atoms with E-state index in [-0.39, 0.29) is 5.95 Å². The average Bonchev–Trinajstić information content (AvgIpc) is 2.38. The second-order valence-electron chi connectivity index (χ2n) is 3.80. The van der Waals surface area contributed by atoms with Crippen LogP contribution in [0.4, 0.5) is 5.95 Å². The molecule has 1 heterocycles. The number of aromatic nitrogens is 2. The first-order valence-corrected chi connectivity index (χ1v) is 6.05. The zero-order valence-corrected chi connectivity index (χ0v) is 10.8. The molecular weight excluding hydrogens is 250 g/mol. The summed E-state index contributed by atoms with van der Waals surface area (Å²) in [5, 5.41) is 0.760. The van der Waals surface area contributed by atoms with Gasteiger partial charge >= 0.3 is 0 Å². The minimum Gasteiger partial charge on any atom is -0.487 e. The van der Waals surface area contributed by atoms with E-state index in [1.54, 1.807) is 12.3 Å². The van der Waals surface area contributed by atoms with E-state index in [1.807, 2.05) is 18.2 Å². The maximum Gasteiger partial charge on any atom is 0.220 e. The van der Waals surface area contributed by atoms with Gasteiger partial charge in [0, 0.05) is 11.2 Å². The molecule has 0 aliphatic carbocycles. The van der Waals surface area contributed by atoms with Gasteiger partial charge in [-0.3, -0.25) is 0 Å². The number of nitrogen functional groups attached to an aromatic ring is 1. The summed E-state index contributed by atoms with van der Waals surface area (Å²) in [4.78, 5) is 7.89. The van der Waals surface area contributed by atoms with Gasteiger partial charge in [-0.25, -0.2) is 9.97 Å². The van der Waals surface area contributed by atoms with Crippen molar-refractivity contribution in [2.24, 2.45) is 0 Å². The Morgan fingerprint density at radius 3 is 2.89 bits per heavy atom. The van der Waals surface area contributed by atoms with Crippen LogP contribution in [0.5, 0.6) is 5.75 Å². The quantitative estimate of drug-likeness (QED) is 0.921. The Morgan fingerprint density at radius 2 is 2.17 bits per heavy atom. The zero-order valence-electron chi connectivity index (χ0n) is 10.1. The van der Waals surface area contributed by atoms with Crippen LogP contribution >= 0.6 is 11.6 Å². The van der Waals surface area contributed by atoms with E-state index >= 15 is 0 Å². The number of hydrogen-bond acceptors (Lipinski definition) is 4. The van der Waals surface area contributed by atoms with Crippen LogP contribution in [0.25, 0.3) is 0 Å². The number of aryl methyl sites for hydroxylation is 1. The molecule has 0 fully saturated rings. The number of anilines is 1. The summed E-state index contributed by atoms with van der Waals surface area (Å²) < 4.78 is 5.64. The fraction of sp³-hybridized carbons (Fsp3) is 0.231. The van der Waals surface area contributed by atoms with E-state index in [1.165, 1.54) is 0 Å². The maximum absolute atomic E-state index is 6.04. The van der Waals surface area contributed by atoms with Gasteiger partial charge in [0.15, 0.2) is 0 Å². The van der Waals surface area contributed by atoms with Crippen molar-refractivity contribution >= 4 is 17.5 Å². The summed E-state index contributed by atoms with van der Waals surface area (Å²) in [6.07, 6.45) is 2.48. The van der Waals surface area contributed by atoms with E-state index in [2.05, 4.69) is 16.9 Å². The van der Waals surface area contributed by atoms with E-state index in [0.29, 0.717) is 6.61 Å². The van der Waals surface area contributed by atoms with E-state index < -0.39 is 0 Å². The molecule has 0 atom stereocenters. The summed E-state index contributed by atoms with van der Waals surface area (Å²) in [5.74, 6) is 1.02. The summed E-state index contributed by atoms with van der Waals surface area (Å²) in [5.41, 5.74) is 7.31. The van der Waals surface area contributed by atoms with Crippen LogP contribution in [0.2, 0.25) is 5.02 Å². The van der Waals surface area contributed by atoms with Crippen molar-refractivity contribution in [3.05, 3.63) is 46.7 Å². The Kier molecular flexibility index (Phi) is 3.99. The summed E-state index contributed by atoms with van der Waals surface area (Å²) in [6.45, 7) is 2.41. The predicted molar refractivity (Wildman–Crippen MR) is 71.6 cm³/mol. The van der Waals surface area contributed by atoms with Gasteiger partial charge in [0.2, 0.25) is 5.95 Å². The average molecular weight is 264 g/mol. The van der Waals surface area contributed by atoms with Gasteiger partial charge in [-0.1, -0.05) is 18.5 Å². The van der Waals surface area contributed by atoms with Gasteiger partial charge in [-0.15, -0.1) is 0 Å². The molecule has 0 bridgehead atoms. The SMILES string of the molecule is CCc1cc(OCc2ccnc(N)n2)ccc1Cl. The molecule has 1 aromatic carbocycles. The first kappa shape index (κ1) is 12.6. The van der Waals surface area contributed by atoms with Crippen LogP contribution in [0.15, 0.2) is 30.5 Å². The molecule has 4 nitrogen and oxygen atoms in total. The molecule has 0 aliphatic heterocycles. The molecule has 0 aliphatic rings. The topological polar surface area (TPSA) is 61.0 Å². The highest BCUT2D eigenvalue weighted by molar-refractivity contribution is 6.31. The predicted octanol–water partition coefficient (Wildman–Crippen LogP) is 2.85. The molecular formula is C13H14ClN3O. The number of rotatable bonds is 4. The van der Waals surface area contributed by atoms with Gasteiger partial charge in [-0.05, 0) is 36.2 Å². The Morgan fingerprint density at radius 1 is 1.33 bits per heavy atom. The number of halogens is 1. The Bertz CT molecular complexity index is 546. The highest BCUT2D eigenvalue weighted by Gasteiger charge is 2.02. The van der Waals surface area contributed by atoms with E-state index in [4.69, 9.17) is 22.1 Å². The minimum absolute atomic E-state index is 0.251. The standard InChI is InChI=1S/C13H14ClN3O/c1-2-9-7-11(3-4-12(9)14)18-8-10-5-6-16-13(15)17-10/h3-7H,2,8H2,1H3,(H2,15,16,17). The minimum atomic E-state index is 0.251. The van der Waals surface area contributed by atoms with Crippen LogP contribution in [0, 0.1) is 0 Å². The molecule has 0 saturated heterocycles. The second-order valence-corrected chi connectivity index (χ2v) is 4.21. The maximum atomic E-state index is 6.04. The molecule has 5 heteroatoms. The lowest BCUT2D eigenvalue weighted by Crippen LogP contribution is -2.02. The van der Waals surface area contributed by atoms with Crippen LogP contribution in [0.1, 0.15) is 18.2 Å². The highest BCUT2D eigenvalue weighted by Crippen LogP contribution is 2.23. The zero-order chi connectivity index (χ0) is 13.0. The molecule has 18 heavy (non-hydrogen) atoms. The number of hydrogen-bond donors (Lipinski definition) is 1. The highest BCUT2D eigenvalue weighted by atomic mass is 35.5. The summed E-state index contributed by atoms with van der Waals surface area (Å²) in [7, 11) is 0. The summed E-state index contributed by atoms with van der Waals surface area (Å²) in [6, 6.07) is 7.38. The fourth-order valence-electron chi connectivity index (χ4n) is 1.56. The first-order valence-electron chi connectivity index (χ1n) is 5.67. The molecule has 94 valence electrons. The van der Waals surface area contributed by atoms with Crippen LogP contribution in [-0.2, 0) is 13.0 Å². The van der Waals surface area contributed by atoms with Crippen molar-refractivity contribution in [1.29, 1.82) is 0 Å². The van der Waals surface area contributed by atoms with E-state index in [0.717, 1.165) is 28.5 Å². The Labute approximate surface area is 111 Å². The van der Waals surface area contributed by atoms with Crippen molar-refractivity contribution in [1.82, 2.24) is 9.97 Å². The number of nitrogens with zero attached hydrogens (tertiary/aromatic N) is 2.